The van der Waals surface area contributed by atoms with Crippen molar-refractivity contribution >= 4 is 28.8 Å². The summed E-state index contributed by atoms with van der Waals surface area (Å²) >= 11 is 12.4. The van der Waals surface area contributed by atoms with E-state index in [9.17, 15) is 0 Å². The molecule has 1 atom stereocenters. The quantitative estimate of drug-likeness (QED) is 0.523. The molecule has 0 spiro atoms. The summed E-state index contributed by atoms with van der Waals surface area (Å²) in [6.07, 6.45) is 3.61. The summed E-state index contributed by atoms with van der Waals surface area (Å²) in [7, 11) is 0. The Balaban J connectivity index is 1.69. The summed E-state index contributed by atoms with van der Waals surface area (Å²) in [6.45, 7) is 1.71. The van der Waals surface area contributed by atoms with Crippen molar-refractivity contribution in [2.24, 2.45) is 0 Å². The van der Waals surface area contributed by atoms with Crippen LogP contribution in [0.25, 0.3) is 16.8 Å². The summed E-state index contributed by atoms with van der Waals surface area (Å²) < 4.78 is 1.81. The molecule has 4 aromatic rings. The van der Waals surface area contributed by atoms with Gasteiger partial charge in [-0.2, -0.15) is 5.10 Å². The lowest BCUT2D eigenvalue weighted by Gasteiger charge is -2.29. The molecule has 3 heterocycles. The number of halogens is 2. The van der Waals surface area contributed by atoms with Gasteiger partial charge in [0.05, 0.1) is 10.0 Å². The second-order valence-corrected chi connectivity index (χ2v) is 7.53. The number of nitrogens with one attached hydrogen (secondary N) is 1. The average molecular weight is 395 g/mol. The maximum Gasteiger partial charge on any atom is 0.155 e. The van der Waals surface area contributed by atoms with Gasteiger partial charge in [-0.3, -0.25) is 0 Å². The molecule has 0 saturated heterocycles. The van der Waals surface area contributed by atoms with E-state index in [1.807, 2.05) is 28.9 Å². The highest BCUT2D eigenvalue weighted by atomic mass is 35.5. The molecular formula is C21H16Cl2N4. The third-order valence-corrected chi connectivity index (χ3v) is 5.88. The molecule has 2 aromatic carbocycles. The third-order valence-electron chi connectivity index (χ3n) is 5.14. The molecule has 27 heavy (non-hydrogen) atoms. The Hall–Kier alpha value is -2.40. The Morgan fingerprint density at radius 3 is 2.85 bits per heavy atom. The van der Waals surface area contributed by atoms with Crippen LogP contribution in [0.5, 0.6) is 0 Å². The van der Waals surface area contributed by atoms with Crippen LogP contribution in [0.3, 0.4) is 0 Å². The molecule has 0 saturated carbocycles. The highest BCUT2D eigenvalue weighted by molar-refractivity contribution is 6.42. The smallest absolute Gasteiger partial charge is 0.155 e. The standard InChI is InChI=1S/C21H16Cl2N4/c22-18-6-4-13(8-19(18)23)17-10-24-9-14-2-1-3-16(21(14)17)15-5-7-20-25-12-26-27(20)11-15/h1-8,11-12,17,24H,9-10H2. The van der Waals surface area contributed by atoms with Gasteiger partial charge in [-0.25, -0.2) is 9.50 Å². The first-order valence-electron chi connectivity index (χ1n) is 8.78. The van der Waals surface area contributed by atoms with Gasteiger partial charge in [-0.05, 0) is 46.5 Å². The lowest BCUT2D eigenvalue weighted by atomic mass is 9.81. The highest BCUT2D eigenvalue weighted by Gasteiger charge is 2.25. The van der Waals surface area contributed by atoms with Crippen molar-refractivity contribution in [1.82, 2.24) is 19.9 Å². The number of hydrogen-bond donors (Lipinski definition) is 1. The lowest BCUT2D eigenvalue weighted by Crippen LogP contribution is -2.29. The van der Waals surface area contributed by atoms with Crippen LogP contribution in [0, 0.1) is 0 Å². The van der Waals surface area contributed by atoms with E-state index >= 15 is 0 Å². The molecule has 134 valence electrons. The van der Waals surface area contributed by atoms with Crippen molar-refractivity contribution in [3.8, 4) is 11.1 Å². The molecule has 1 aliphatic rings. The van der Waals surface area contributed by atoms with Crippen LogP contribution in [0.2, 0.25) is 10.0 Å². The molecule has 2 aromatic heterocycles. The molecule has 1 unspecified atom stereocenters. The van der Waals surface area contributed by atoms with Gasteiger partial charge in [0.1, 0.15) is 6.33 Å². The Morgan fingerprint density at radius 1 is 1.04 bits per heavy atom. The predicted octanol–water partition coefficient (Wildman–Crippen LogP) is 4.94. The minimum absolute atomic E-state index is 0.200. The monoisotopic (exact) mass is 394 g/mol. The minimum atomic E-state index is 0.200. The van der Waals surface area contributed by atoms with Crippen LogP contribution in [-0.4, -0.2) is 21.1 Å². The van der Waals surface area contributed by atoms with Gasteiger partial charge in [-0.1, -0.05) is 47.5 Å². The highest BCUT2D eigenvalue weighted by Crippen LogP contribution is 2.39. The largest absolute Gasteiger partial charge is 0.312 e. The fourth-order valence-electron chi connectivity index (χ4n) is 3.87. The van der Waals surface area contributed by atoms with E-state index in [4.69, 9.17) is 23.2 Å². The van der Waals surface area contributed by atoms with Crippen LogP contribution in [0.1, 0.15) is 22.6 Å². The van der Waals surface area contributed by atoms with Crippen molar-refractivity contribution in [2.45, 2.75) is 12.5 Å². The molecule has 0 bridgehead atoms. The van der Waals surface area contributed by atoms with Crippen LogP contribution >= 0.6 is 23.2 Å². The zero-order valence-corrected chi connectivity index (χ0v) is 15.9. The summed E-state index contributed by atoms with van der Waals surface area (Å²) in [6, 6.07) is 16.5. The second kappa shape index (κ2) is 6.64. The van der Waals surface area contributed by atoms with Crippen molar-refractivity contribution < 1.29 is 0 Å². The minimum Gasteiger partial charge on any atom is -0.312 e. The summed E-state index contributed by atoms with van der Waals surface area (Å²) in [5.74, 6) is 0.200. The Kier molecular flexibility index (Phi) is 4.12. The number of hydrogen-bond acceptors (Lipinski definition) is 3. The number of nitrogens with zero attached hydrogens (tertiary/aromatic N) is 3. The van der Waals surface area contributed by atoms with Crippen molar-refractivity contribution in [3.05, 3.63) is 87.8 Å². The fourth-order valence-corrected chi connectivity index (χ4v) is 4.18. The topological polar surface area (TPSA) is 42.2 Å². The summed E-state index contributed by atoms with van der Waals surface area (Å²) in [5.41, 5.74) is 6.96. The fraction of sp³-hybridized carbons (Fsp3) is 0.143. The van der Waals surface area contributed by atoms with E-state index in [1.54, 1.807) is 6.33 Å². The average Bonchev–Trinajstić information content (AvgIpc) is 3.17. The molecular weight excluding hydrogens is 379 g/mol. The molecule has 6 heteroatoms. The van der Waals surface area contributed by atoms with Gasteiger partial charge in [0.15, 0.2) is 5.65 Å². The first-order valence-corrected chi connectivity index (χ1v) is 9.53. The first kappa shape index (κ1) is 16.8. The molecule has 0 amide bonds. The van der Waals surface area contributed by atoms with Crippen molar-refractivity contribution in [1.29, 1.82) is 0 Å². The molecule has 0 fully saturated rings. The van der Waals surface area contributed by atoms with Crippen LogP contribution < -0.4 is 5.32 Å². The van der Waals surface area contributed by atoms with Gasteiger partial charge >= 0.3 is 0 Å². The van der Waals surface area contributed by atoms with Gasteiger partial charge in [0.2, 0.25) is 0 Å². The van der Waals surface area contributed by atoms with E-state index in [0.29, 0.717) is 10.0 Å². The Labute approximate surface area is 166 Å². The molecule has 0 radical (unpaired) electrons. The maximum atomic E-state index is 6.30. The third kappa shape index (κ3) is 2.90. The molecule has 4 nitrogen and oxygen atoms in total. The second-order valence-electron chi connectivity index (χ2n) is 6.72. The van der Waals surface area contributed by atoms with E-state index in [0.717, 1.165) is 29.9 Å². The van der Waals surface area contributed by atoms with Crippen molar-refractivity contribution in [2.75, 3.05) is 6.54 Å². The maximum absolute atomic E-state index is 6.30. The number of aromatic nitrogens is 3. The van der Waals surface area contributed by atoms with Gasteiger partial charge in [-0.15, -0.1) is 0 Å². The van der Waals surface area contributed by atoms with E-state index < -0.39 is 0 Å². The summed E-state index contributed by atoms with van der Waals surface area (Å²) in [5, 5.41) is 8.96. The summed E-state index contributed by atoms with van der Waals surface area (Å²) in [4.78, 5) is 4.24. The SMILES string of the molecule is Clc1ccc(C2CNCc3cccc(-c4ccc5ncnn5c4)c32)cc1Cl. The van der Waals surface area contributed by atoms with Crippen LogP contribution in [-0.2, 0) is 6.54 Å². The van der Waals surface area contributed by atoms with Gasteiger partial charge < -0.3 is 5.32 Å². The van der Waals surface area contributed by atoms with Gasteiger partial charge in [0, 0.05) is 30.8 Å². The number of fused-ring (bicyclic) bond motifs is 2. The molecule has 5 rings (SSSR count). The number of pyridine rings is 1. The zero-order valence-electron chi connectivity index (χ0n) is 14.4. The Bertz CT molecular complexity index is 1150. The van der Waals surface area contributed by atoms with E-state index in [2.05, 4.69) is 45.7 Å². The van der Waals surface area contributed by atoms with E-state index in [1.165, 1.54) is 16.7 Å². The lowest BCUT2D eigenvalue weighted by molar-refractivity contribution is 0.592. The zero-order chi connectivity index (χ0) is 18.4. The molecule has 1 aliphatic heterocycles. The van der Waals surface area contributed by atoms with Crippen LogP contribution in [0.15, 0.2) is 61.1 Å². The number of benzene rings is 2. The van der Waals surface area contributed by atoms with E-state index in [-0.39, 0.29) is 5.92 Å². The normalized spacial score (nSPS) is 16.4. The number of rotatable bonds is 2. The predicted molar refractivity (Wildman–Crippen MR) is 108 cm³/mol. The Morgan fingerprint density at radius 2 is 1.96 bits per heavy atom. The molecule has 1 N–H and O–H groups in total. The van der Waals surface area contributed by atoms with Crippen LogP contribution in [0.4, 0.5) is 0 Å². The van der Waals surface area contributed by atoms with Crippen molar-refractivity contribution in [3.63, 3.8) is 0 Å². The first-order chi connectivity index (χ1) is 13.2. The molecule has 0 aliphatic carbocycles. The van der Waals surface area contributed by atoms with Gasteiger partial charge in [0.25, 0.3) is 0 Å².